The Balaban J connectivity index is 1.92. The molecule has 0 radical (unpaired) electrons. The van der Waals surface area contributed by atoms with Gasteiger partial charge in [0.1, 0.15) is 0 Å². The van der Waals surface area contributed by atoms with E-state index < -0.39 is 0 Å². The molecule has 0 atom stereocenters. The van der Waals surface area contributed by atoms with Crippen LogP contribution in [0.5, 0.6) is 0 Å². The van der Waals surface area contributed by atoms with Gasteiger partial charge in [-0.3, -0.25) is 0 Å². The Labute approximate surface area is 106 Å². The van der Waals surface area contributed by atoms with Crippen molar-refractivity contribution in [3.05, 3.63) is 34.7 Å². The first kappa shape index (κ1) is 10.8. The molecule has 1 aromatic heterocycles. The number of para-hydroxylation sites is 1. The first-order chi connectivity index (χ1) is 8.34. The molecule has 1 fully saturated rings. The molecule has 0 unspecified atom stereocenters. The predicted molar refractivity (Wildman–Crippen MR) is 73.2 cm³/mol. The summed E-state index contributed by atoms with van der Waals surface area (Å²) in [5.41, 5.74) is 8.90. The van der Waals surface area contributed by atoms with Crippen LogP contribution in [-0.4, -0.2) is 4.98 Å². The van der Waals surface area contributed by atoms with Crippen LogP contribution in [0, 0.1) is 0 Å². The fourth-order valence-corrected chi connectivity index (χ4v) is 3.49. The van der Waals surface area contributed by atoms with E-state index in [9.17, 15) is 0 Å². The van der Waals surface area contributed by atoms with Crippen molar-refractivity contribution in [3.8, 4) is 11.3 Å². The van der Waals surface area contributed by atoms with E-state index >= 15 is 0 Å². The molecule has 2 aromatic rings. The summed E-state index contributed by atoms with van der Waals surface area (Å²) in [7, 11) is 0. The van der Waals surface area contributed by atoms with Crippen LogP contribution in [0.4, 0.5) is 5.69 Å². The van der Waals surface area contributed by atoms with E-state index in [1.165, 1.54) is 30.7 Å². The molecule has 2 N–H and O–H groups in total. The van der Waals surface area contributed by atoms with E-state index in [4.69, 9.17) is 10.7 Å². The SMILES string of the molecule is Nc1ccccc1-c1csc(C2CCCC2)n1. The summed E-state index contributed by atoms with van der Waals surface area (Å²) in [4.78, 5) is 4.76. The van der Waals surface area contributed by atoms with E-state index in [0.717, 1.165) is 16.9 Å². The van der Waals surface area contributed by atoms with E-state index in [2.05, 4.69) is 5.38 Å². The average Bonchev–Trinajstić information content (AvgIpc) is 3.00. The van der Waals surface area contributed by atoms with Gasteiger partial charge < -0.3 is 5.73 Å². The fourth-order valence-electron chi connectivity index (χ4n) is 2.50. The smallest absolute Gasteiger partial charge is 0.0963 e. The zero-order valence-corrected chi connectivity index (χ0v) is 10.5. The van der Waals surface area contributed by atoms with Crippen LogP contribution in [0.25, 0.3) is 11.3 Å². The number of nitrogens with zero attached hydrogens (tertiary/aromatic N) is 1. The van der Waals surface area contributed by atoms with Crippen LogP contribution >= 0.6 is 11.3 Å². The van der Waals surface area contributed by atoms with Gasteiger partial charge in [0.25, 0.3) is 0 Å². The summed E-state index contributed by atoms with van der Waals surface area (Å²) >= 11 is 1.78. The lowest BCUT2D eigenvalue weighted by molar-refractivity contribution is 0.717. The maximum atomic E-state index is 5.98. The van der Waals surface area contributed by atoms with Gasteiger partial charge in [0.05, 0.1) is 10.7 Å². The second-order valence-electron chi connectivity index (χ2n) is 4.64. The summed E-state index contributed by atoms with van der Waals surface area (Å²) in [6.07, 6.45) is 5.31. The number of nitrogens with two attached hydrogens (primary N) is 1. The van der Waals surface area contributed by atoms with Crippen molar-refractivity contribution >= 4 is 17.0 Å². The van der Waals surface area contributed by atoms with Crippen molar-refractivity contribution in [1.82, 2.24) is 4.98 Å². The second kappa shape index (κ2) is 4.49. The molecule has 0 spiro atoms. The van der Waals surface area contributed by atoms with Crippen molar-refractivity contribution in [1.29, 1.82) is 0 Å². The summed E-state index contributed by atoms with van der Waals surface area (Å²) in [6.45, 7) is 0. The quantitative estimate of drug-likeness (QED) is 0.809. The van der Waals surface area contributed by atoms with Gasteiger partial charge in [0.2, 0.25) is 0 Å². The van der Waals surface area contributed by atoms with Crippen LogP contribution in [0.1, 0.15) is 36.6 Å². The Morgan fingerprint density at radius 2 is 1.94 bits per heavy atom. The summed E-state index contributed by atoms with van der Waals surface area (Å²) < 4.78 is 0. The van der Waals surface area contributed by atoms with Gasteiger partial charge in [-0.25, -0.2) is 4.98 Å². The number of aromatic nitrogens is 1. The monoisotopic (exact) mass is 244 g/mol. The number of thiazole rings is 1. The van der Waals surface area contributed by atoms with Crippen molar-refractivity contribution in [3.63, 3.8) is 0 Å². The highest BCUT2D eigenvalue weighted by molar-refractivity contribution is 7.10. The Morgan fingerprint density at radius 1 is 1.18 bits per heavy atom. The summed E-state index contributed by atoms with van der Waals surface area (Å²) in [5, 5.41) is 3.43. The number of hydrogen-bond acceptors (Lipinski definition) is 3. The van der Waals surface area contributed by atoms with Crippen LogP contribution in [0.2, 0.25) is 0 Å². The lowest BCUT2D eigenvalue weighted by Gasteiger charge is -2.04. The zero-order chi connectivity index (χ0) is 11.7. The Bertz CT molecular complexity index is 512. The minimum atomic E-state index is 0.693. The summed E-state index contributed by atoms with van der Waals surface area (Å²) in [5.74, 6) is 0.693. The third-order valence-electron chi connectivity index (χ3n) is 3.46. The van der Waals surface area contributed by atoms with E-state index in [1.54, 1.807) is 11.3 Å². The van der Waals surface area contributed by atoms with Crippen LogP contribution in [0.15, 0.2) is 29.6 Å². The molecular weight excluding hydrogens is 228 g/mol. The van der Waals surface area contributed by atoms with Gasteiger partial charge in [-0.1, -0.05) is 31.0 Å². The molecule has 0 amide bonds. The number of nitrogen functional groups attached to an aromatic ring is 1. The third-order valence-corrected chi connectivity index (χ3v) is 4.47. The van der Waals surface area contributed by atoms with Crippen LogP contribution < -0.4 is 5.73 Å². The second-order valence-corrected chi connectivity index (χ2v) is 5.53. The minimum absolute atomic E-state index is 0.693. The molecule has 1 aliphatic carbocycles. The minimum Gasteiger partial charge on any atom is -0.398 e. The van der Waals surface area contributed by atoms with Crippen molar-refractivity contribution in [2.75, 3.05) is 5.73 Å². The molecule has 0 aliphatic heterocycles. The number of benzene rings is 1. The lowest BCUT2D eigenvalue weighted by atomic mass is 10.1. The third kappa shape index (κ3) is 2.07. The van der Waals surface area contributed by atoms with E-state index in [-0.39, 0.29) is 0 Å². The number of anilines is 1. The number of hydrogen-bond donors (Lipinski definition) is 1. The van der Waals surface area contributed by atoms with Gasteiger partial charge in [-0.2, -0.15) is 0 Å². The summed E-state index contributed by atoms with van der Waals surface area (Å²) in [6, 6.07) is 7.95. The average molecular weight is 244 g/mol. The molecule has 3 heteroatoms. The molecule has 0 bridgehead atoms. The van der Waals surface area contributed by atoms with Gasteiger partial charge in [0.15, 0.2) is 0 Å². The molecule has 1 aliphatic rings. The maximum absolute atomic E-state index is 5.98. The molecule has 1 saturated carbocycles. The number of rotatable bonds is 2. The van der Waals surface area contributed by atoms with Crippen molar-refractivity contribution in [2.24, 2.45) is 0 Å². The maximum Gasteiger partial charge on any atom is 0.0963 e. The van der Waals surface area contributed by atoms with Gasteiger partial charge in [-0.15, -0.1) is 11.3 Å². The first-order valence-corrected chi connectivity index (χ1v) is 7.03. The Kier molecular flexibility index (Phi) is 2.85. The Hall–Kier alpha value is -1.35. The topological polar surface area (TPSA) is 38.9 Å². The first-order valence-electron chi connectivity index (χ1n) is 6.15. The molecule has 1 heterocycles. The Morgan fingerprint density at radius 3 is 2.71 bits per heavy atom. The predicted octanol–water partition coefficient (Wildman–Crippen LogP) is 4.05. The molecule has 3 rings (SSSR count). The largest absolute Gasteiger partial charge is 0.398 e. The normalized spacial score (nSPS) is 16.5. The fraction of sp³-hybridized carbons (Fsp3) is 0.357. The van der Waals surface area contributed by atoms with Gasteiger partial charge in [-0.05, 0) is 18.9 Å². The van der Waals surface area contributed by atoms with Crippen molar-refractivity contribution in [2.45, 2.75) is 31.6 Å². The van der Waals surface area contributed by atoms with Gasteiger partial charge >= 0.3 is 0 Å². The molecule has 0 saturated heterocycles. The molecule has 88 valence electrons. The van der Waals surface area contributed by atoms with Crippen LogP contribution in [0.3, 0.4) is 0 Å². The van der Waals surface area contributed by atoms with Gasteiger partial charge in [0, 0.05) is 22.5 Å². The molecule has 17 heavy (non-hydrogen) atoms. The molecular formula is C14H16N2S. The highest BCUT2D eigenvalue weighted by Gasteiger charge is 2.20. The standard InChI is InChI=1S/C14H16N2S/c15-12-8-4-3-7-11(12)13-9-17-14(16-13)10-5-1-2-6-10/h3-4,7-10H,1-2,5-6,15H2. The highest BCUT2D eigenvalue weighted by Crippen LogP contribution is 2.37. The highest BCUT2D eigenvalue weighted by atomic mass is 32.1. The van der Waals surface area contributed by atoms with E-state index in [0.29, 0.717) is 5.92 Å². The van der Waals surface area contributed by atoms with Crippen molar-refractivity contribution < 1.29 is 0 Å². The lowest BCUT2D eigenvalue weighted by Crippen LogP contribution is -1.92. The molecule has 1 aromatic carbocycles. The molecule has 2 nitrogen and oxygen atoms in total. The van der Waals surface area contributed by atoms with Crippen LogP contribution in [-0.2, 0) is 0 Å². The van der Waals surface area contributed by atoms with E-state index in [1.807, 2.05) is 24.3 Å². The zero-order valence-electron chi connectivity index (χ0n) is 9.73.